The minimum atomic E-state index is -4.98. The van der Waals surface area contributed by atoms with Crippen LogP contribution in [0.1, 0.15) is 17.6 Å². The van der Waals surface area contributed by atoms with E-state index in [1.54, 1.807) is 0 Å². The lowest BCUT2D eigenvalue weighted by molar-refractivity contribution is -0.274. The molecule has 0 fully saturated rings. The summed E-state index contributed by atoms with van der Waals surface area (Å²) in [4.78, 5) is 0. The van der Waals surface area contributed by atoms with Crippen molar-refractivity contribution in [2.24, 2.45) is 0 Å². The number of rotatable bonds is 3. The maximum Gasteiger partial charge on any atom is 0.573 e. The maximum absolute atomic E-state index is 12.5. The van der Waals surface area contributed by atoms with Crippen LogP contribution in [0.5, 0.6) is 5.75 Å². The predicted molar refractivity (Wildman–Crippen MR) is 47.4 cm³/mol. The van der Waals surface area contributed by atoms with Crippen LogP contribution in [-0.4, -0.2) is 6.36 Å². The van der Waals surface area contributed by atoms with Gasteiger partial charge in [-0.25, -0.2) is 8.78 Å². The molecule has 0 saturated carbocycles. The van der Waals surface area contributed by atoms with E-state index in [-0.39, 0.29) is 0 Å². The topological polar surface area (TPSA) is 33.0 Å². The van der Waals surface area contributed by atoms with Gasteiger partial charge < -0.3 is 4.74 Å². The molecule has 0 aliphatic rings. The third-order valence-corrected chi connectivity index (χ3v) is 1.89. The van der Waals surface area contributed by atoms with Gasteiger partial charge in [0.1, 0.15) is 5.75 Å². The maximum atomic E-state index is 12.5. The van der Waals surface area contributed by atoms with E-state index in [0.717, 1.165) is 18.2 Å². The fourth-order valence-corrected chi connectivity index (χ4v) is 1.28. The van der Waals surface area contributed by atoms with Gasteiger partial charge in [-0.05, 0) is 6.07 Å². The Kier molecular flexibility index (Phi) is 3.89. The number of ether oxygens (including phenoxy) is 1. The summed E-state index contributed by atoms with van der Waals surface area (Å²) >= 11 is 0. The highest BCUT2D eigenvalue weighted by atomic mass is 19.4. The molecule has 17 heavy (non-hydrogen) atoms. The lowest BCUT2D eigenvalue weighted by atomic mass is 10.0. The van der Waals surface area contributed by atoms with Crippen molar-refractivity contribution in [2.75, 3.05) is 0 Å². The summed E-state index contributed by atoms with van der Waals surface area (Å²) in [5.74, 6) is -0.767. The molecule has 1 aromatic rings. The summed E-state index contributed by atoms with van der Waals surface area (Å²) in [5, 5.41) is 8.42. The minimum absolute atomic E-state index is 0.442. The summed E-state index contributed by atoms with van der Waals surface area (Å²) in [7, 11) is 0. The fraction of sp³-hybridized carbons (Fsp3) is 0.300. The first-order chi connectivity index (χ1) is 7.85. The van der Waals surface area contributed by atoms with Crippen molar-refractivity contribution in [1.29, 1.82) is 5.26 Å². The molecule has 0 radical (unpaired) electrons. The molecule has 92 valence electrons. The number of alkyl halides is 5. The number of nitrogens with zero attached hydrogens (tertiary/aromatic N) is 1. The van der Waals surface area contributed by atoms with Crippen LogP contribution in [0, 0.1) is 11.3 Å². The molecule has 0 amide bonds. The Bertz CT molecular complexity index is 435. The summed E-state index contributed by atoms with van der Waals surface area (Å²) in [6, 6.07) is 4.40. The molecular formula is C10H6F5NO. The normalized spacial score (nSPS) is 11.4. The van der Waals surface area contributed by atoms with Crippen molar-refractivity contribution in [3.05, 3.63) is 29.3 Å². The number of hydrogen-bond donors (Lipinski definition) is 0. The SMILES string of the molecule is N#CCc1c(OC(F)(F)F)cccc1C(F)F. The number of hydrogen-bond acceptors (Lipinski definition) is 2. The average Bonchev–Trinajstić information content (AvgIpc) is 2.18. The lowest BCUT2D eigenvalue weighted by Crippen LogP contribution is -2.18. The molecule has 2 nitrogen and oxygen atoms in total. The molecule has 0 atom stereocenters. The van der Waals surface area contributed by atoms with Gasteiger partial charge in [0.15, 0.2) is 0 Å². The monoisotopic (exact) mass is 251 g/mol. The first-order valence-electron chi connectivity index (χ1n) is 4.38. The van der Waals surface area contributed by atoms with Crippen molar-refractivity contribution in [2.45, 2.75) is 19.2 Å². The van der Waals surface area contributed by atoms with E-state index in [1.807, 2.05) is 0 Å². The van der Waals surface area contributed by atoms with Crippen LogP contribution in [-0.2, 0) is 6.42 Å². The molecule has 0 aliphatic carbocycles. The summed E-state index contributed by atoms with van der Waals surface area (Å²) in [6.45, 7) is 0. The second-order valence-corrected chi connectivity index (χ2v) is 3.01. The molecule has 7 heteroatoms. The molecular weight excluding hydrogens is 245 g/mol. The molecule has 0 saturated heterocycles. The van der Waals surface area contributed by atoms with Crippen molar-refractivity contribution < 1.29 is 26.7 Å². The van der Waals surface area contributed by atoms with Crippen LogP contribution in [0.3, 0.4) is 0 Å². The van der Waals surface area contributed by atoms with Gasteiger partial charge in [-0.1, -0.05) is 12.1 Å². The number of benzene rings is 1. The van der Waals surface area contributed by atoms with E-state index in [4.69, 9.17) is 5.26 Å². The van der Waals surface area contributed by atoms with Gasteiger partial charge in [-0.15, -0.1) is 13.2 Å². The second-order valence-electron chi connectivity index (χ2n) is 3.01. The molecule has 0 unspecified atom stereocenters. The first kappa shape index (κ1) is 13.2. The van der Waals surface area contributed by atoms with Crippen molar-refractivity contribution >= 4 is 0 Å². The predicted octanol–water partition coefficient (Wildman–Crippen LogP) is 3.59. The highest BCUT2D eigenvalue weighted by molar-refractivity contribution is 5.42. The highest BCUT2D eigenvalue weighted by Gasteiger charge is 2.33. The zero-order valence-electron chi connectivity index (χ0n) is 8.26. The Balaban J connectivity index is 3.21. The van der Waals surface area contributed by atoms with Gasteiger partial charge in [0.2, 0.25) is 0 Å². The third-order valence-electron chi connectivity index (χ3n) is 1.89. The van der Waals surface area contributed by atoms with Crippen molar-refractivity contribution in [3.63, 3.8) is 0 Å². The van der Waals surface area contributed by atoms with Crippen LogP contribution < -0.4 is 4.74 Å². The van der Waals surface area contributed by atoms with Gasteiger partial charge in [-0.2, -0.15) is 5.26 Å². The van der Waals surface area contributed by atoms with Crippen LogP contribution in [0.4, 0.5) is 22.0 Å². The zero-order chi connectivity index (χ0) is 13.1. The van der Waals surface area contributed by atoms with Gasteiger partial charge in [-0.3, -0.25) is 0 Å². The smallest absolute Gasteiger partial charge is 0.405 e. The number of halogens is 5. The Hall–Kier alpha value is -1.84. The van der Waals surface area contributed by atoms with Gasteiger partial charge in [0, 0.05) is 11.1 Å². The largest absolute Gasteiger partial charge is 0.573 e. The molecule has 1 rings (SSSR count). The molecule has 0 N–H and O–H groups in total. The molecule has 0 aliphatic heterocycles. The Morgan fingerprint density at radius 2 is 1.94 bits per heavy atom. The van der Waals surface area contributed by atoms with Crippen LogP contribution in [0.25, 0.3) is 0 Å². The van der Waals surface area contributed by atoms with E-state index < -0.39 is 36.1 Å². The van der Waals surface area contributed by atoms with Crippen LogP contribution >= 0.6 is 0 Å². The van der Waals surface area contributed by atoms with E-state index in [9.17, 15) is 22.0 Å². The zero-order valence-corrected chi connectivity index (χ0v) is 8.26. The summed E-state index contributed by atoms with van der Waals surface area (Å²) < 4.78 is 64.6. The Morgan fingerprint density at radius 3 is 2.41 bits per heavy atom. The first-order valence-corrected chi connectivity index (χ1v) is 4.38. The second kappa shape index (κ2) is 4.99. The van der Waals surface area contributed by atoms with Gasteiger partial charge in [0.25, 0.3) is 6.43 Å². The van der Waals surface area contributed by atoms with E-state index in [0.29, 0.717) is 0 Å². The molecule has 1 aromatic carbocycles. The Morgan fingerprint density at radius 1 is 1.29 bits per heavy atom. The van der Waals surface area contributed by atoms with Crippen LogP contribution in [0.2, 0.25) is 0 Å². The molecule has 0 aromatic heterocycles. The molecule has 0 spiro atoms. The quantitative estimate of drug-likeness (QED) is 0.769. The number of nitriles is 1. The van der Waals surface area contributed by atoms with Crippen LogP contribution in [0.15, 0.2) is 18.2 Å². The molecule has 0 bridgehead atoms. The van der Waals surface area contributed by atoms with Gasteiger partial charge >= 0.3 is 6.36 Å². The van der Waals surface area contributed by atoms with Gasteiger partial charge in [0.05, 0.1) is 12.5 Å². The van der Waals surface area contributed by atoms with Crippen molar-refractivity contribution in [1.82, 2.24) is 0 Å². The summed E-state index contributed by atoms with van der Waals surface area (Å²) in [6.07, 6.45) is -8.52. The lowest BCUT2D eigenvalue weighted by Gasteiger charge is -2.14. The van der Waals surface area contributed by atoms with E-state index in [2.05, 4.69) is 4.74 Å². The highest BCUT2D eigenvalue weighted by Crippen LogP contribution is 2.33. The van der Waals surface area contributed by atoms with E-state index >= 15 is 0 Å². The average molecular weight is 251 g/mol. The standard InChI is InChI=1S/C10H6F5NO/c11-9(12)7-2-1-3-8(6(7)4-5-16)17-10(13,14)15/h1-3,9H,4H2. The Labute approximate surface area is 93.2 Å². The van der Waals surface area contributed by atoms with Crippen molar-refractivity contribution in [3.8, 4) is 11.8 Å². The minimum Gasteiger partial charge on any atom is -0.405 e. The third kappa shape index (κ3) is 3.59. The molecule has 0 heterocycles. The van der Waals surface area contributed by atoms with E-state index in [1.165, 1.54) is 6.07 Å². The fourth-order valence-electron chi connectivity index (χ4n) is 1.28. The summed E-state index contributed by atoms with van der Waals surface area (Å²) in [5.41, 5.74) is -1.07.